The van der Waals surface area contributed by atoms with Crippen molar-refractivity contribution in [1.82, 2.24) is 15.5 Å². The van der Waals surface area contributed by atoms with Gasteiger partial charge in [-0.25, -0.2) is 0 Å². The second-order valence-electron chi connectivity index (χ2n) is 5.53. The van der Waals surface area contributed by atoms with Crippen LogP contribution in [0.15, 0.2) is 30.3 Å². The molecule has 1 fully saturated rings. The Labute approximate surface area is 146 Å². The van der Waals surface area contributed by atoms with Gasteiger partial charge >= 0.3 is 0 Å². The quantitative estimate of drug-likeness (QED) is 0.647. The molecule has 2 N–H and O–H groups in total. The predicted molar refractivity (Wildman–Crippen MR) is 89.5 cm³/mol. The van der Waals surface area contributed by atoms with Gasteiger partial charge in [-0.2, -0.15) is 0 Å². The lowest BCUT2D eigenvalue weighted by Crippen LogP contribution is -2.46. The van der Waals surface area contributed by atoms with Crippen molar-refractivity contribution in [2.75, 3.05) is 46.1 Å². The van der Waals surface area contributed by atoms with E-state index < -0.39 is 5.91 Å². The lowest BCUT2D eigenvalue weighted by atomic mass is 10.2. The molecule has 1 heterocycles. The van der Waals surface area contributed by atoms with Crippen LogP contribution in [0.2, 0.25) is 0 Å². The highest BCUT2D eigenvalue weighted by atomic mass is 16.5. The van der Waals surface area contributed by atoms with Crippen molar-refractivity contribution < 1.29 is 23.9 Å². The first-order valence-corrected chi connectivity index (χ1v) is 8.16. The van der Waals surface area contributed by atoms with Crippen molar-refractivity contribution in [3.05, 3.63) is 35.9 Å². The Morgan fingerprint density at radius 3 is 2.32 bits per heavy atom. The number of nitrogens with zero attached hydrogens (tertiary/aromatic N) is 1. The Bertz CT molecular complexity index is 573. The third-order valence-corrected chi connectivity index (χ3v) is 3.60. The molecule has 8 heteroatoms. The first-order chi connectivity index (χ1) is 12.1. The van der Waals surface area contributed by atoms with Gasteiger partial charge in [0.1, 0.15) is 13.2 Å². The van der Waals surface area contributed by atoms with Crippen LogP contribution in [0.25, 0.3) is 0 Å². The second kappa shape index (κ2) is 10.4. The molecule has 1 aromatic rings. The lowest BCUT2D eigenvalue weighted by Gasteiger charge is -2.26. The zero-order valence-corrected chi connectivity index (χ0v) is 14.0. The normalized spacial score (nSPS) is 14.0. The topological polar surface area (TPSA) is 97.0 Å². The third kappa shape index (κ3) is 7.32. The number of carbonyl (C=O) groups excluding carboxylic acids is 3. The van der Waals surface area contributed by atoms with Gasteiger partial charge in [0.25, 0.3) is 0 Å². The molecule has 0 bridgehead atoms. The van der Waals surface area contributed by atoms with Gasteiger partial charge in [0.2, 0.25) is 17.7 Å². The maximum atomic E-state index is 11.9. The molecular weight excluding hydrogens is 326 g/mol. The largest absolute Gasteiger partial charge is 0.378 e. The first kappa shape index (κ1) is 18.9. The molecule has 25 heavy (non-hydrogen) atoms. The minimum Gasteiger partial charge on any atom is -0.378 e. The molecule has 0 aliphatic carbocycles. The highest BCUT2D eigenvalue weighted by Crippen LogP contribution is 1.97. The van der Waals surface area contributed by atoms with E-state index in [0.29, 0.717) is 32.8 Å². The van der Waals surface area contributed by atoms with E-state index in [0.717, 1.165) is 5.56 Å². The average molecular weight is 349 g/mol. The van der Waals surface area contributed by atoms with Crippen molar-refractivity contribution in [2.45, 2.75) is 6.54 Å². The zero-order valence-electron chi connectivity index (χ0n) is 14.0. The van der Waals surface area contributed by atoms with E-state index in [9.17, 15) is 14.4 Å². The summed E-state index contributed by atoms with van der Waals surface area (Å²) in [4.78, 5) is 36.8. The monoisotopic (exact) mass is 349 g/mol. The van der Waals surface area contributed by atoms with Crippen LogP contribution >= 0.6 is 0 Å². The number of ether oxygens (including phenoxy) is 2. The van der Waals surface area contributed by atoms with Crippen molar-refractivity contribution in [3.8, 4) is 0 Å². The van der Waals surface area contributed by atoms with Crippen LogP contribution in [0, 0.1) is 0 Å². The second-order valence-corrected chi connectivity index (χ2v) is 5.53. The van der Waals surface area contributed by atoms with E-state index in [1.807, 2.05) is 30.3 Å². The number of benzene rings is 1. The van der Waals surface area contributed by atoms with Crippen LogP contribution < -0.4 is 10.6 Å². The molecule has 0 saturated carbocycles. The molecule has 1 aromatic carbocycles. The summed E-state index contributed by atoms with van der Waals surface area (Å²) >= 11 is 0. The minimum absolute atomic E-state index is 0.0810. The lowest BCUT2D eigenvalue weighted by molar-refractivity contribution is -0.138. The number of morpholine rings is 1. The Hall–Kier alpha value is -2.45. The van der Waals surface area contributed by atoms with Gasteiger partial charge in [0, 0.05) is 19.6 Å². The molecule has 1 saturated heterocycles. The summed E-state index contributed by atoms with van der Waals surface area (Å²) in [6.07, 6.45) is 0. The maximum absolute atomic E-state index is 11.9. The summed E-state index contributed by atoms with van der Waals surface area (Å²) in [5.74, 6) is -0.893. The van der Waals surface area contributed by atoms with Crippen molar-refractivity contribution in [1.29, 1.82) is 0 Å². The van der Waals surface area contributed by atoms with Crippen molar-refractivity contribution >= 4 is 17.7 Å². The smallest absolute Gasteiger partial charge is 0.246 e. The molecule has 2 rings (SSSR count). The van der Waals surface area contributed by atoms with Crippen molar-refractivity contribution in [3.63, 3.8) is 0 Å². The predicted octanol–water partition coefficient (Wildman–Crippen LogP) is -0.706. The van der Waals surface area contributed by atoms with Crippen LogP contribution in [0.4, 0.5) is 0 Å². The Morgan fingerprint density at radius 2 is 1.64 bits per heavy atom. The highest BCUT2D eigenvalue weighted by Gasteiger charge is 2.17. The summed E-state index contributed by atoms with van der Waals surface area (Å²) in [6, 6.07) is 9.48. The van der Waals surface area contributed by atoms with Crippen LogP contribution in [-0.2, 0) is 30.4 Å². The van der Waals surface area contributed by atoms with E-state index in [1.165, 1.54) is 0 Å². The summed E-state index contributed by atoms with van der Waals surface area (Å²) in [5, 5.41) is 5.18. The molecule has 0 unspecified atom stereocenters. The fourth-order valence-corrected chi connectivity index (χ4v) is 2.23. The fraction of sp³-hybridized carbons (Fsp3) is 0.471. The molecule has 0 spiro atoms. The highest BCUT2D eigenvalue weighted by molar-refractivity contribution is 5.85. The molecule has 0 aromatic heterocycles. The summed E-state index contributed by atoms with van der Waals surface area (Å²) < 4.78 is 10.2. The van der Waals surface area contributed by atoms with E-state index in [1.54, 1.807) is 4.90 Å². The number of hydrogen-bond donors (Lipinski definition) is 2. The van der Waals surface area contributed by atoms with Gasteiger partial charge < -0.3 is 25.0 Å². The molecule has 0 radical (unpaired) electrons. The maximum Gasteiger partial charge on any atom is 0.246 e. The SMILES string of the molecule is O=C(COCC(=O)NCc1ccccc1)NCC(=O)N1CCOCC1. The van der Waals surface area contributed by atoms with Gasteiger partial charge in [-0.15, -0.1) is 0 Å². The number of rotatable bonds is 8. The average Bonchev–Trinajstić information content (AvgIpc) is 2.66. The number of amides is 3. The van der Waals surface area contributed by atoms with Crippen molar-refractivity contribution in [2.24, 2.45) is 0 Å². The number of hydrogen-bond acceptors (Lipinski definition) is 5. The molecule has 8 nitrogen and oxygen atoms in total. The summed E-state index contributed by atoms with van der Waals surface area (Å²) in [6.45, 7) is 1.94. The van der Waals surface area contributed by atoms with E-state index in [2.05, 4.69) is 10.6 Å². The molecule has 136 valence electrons. The standard InChI is InChI=1S/C17H23N3O5/c21-15(18-10-14-4-2-1-3-5-14)12-25-13-16(22)19-11-17(23)20-6-8-24-9-7-20/h1-5H,6-13H2,(H,18,21)(H,19,22). The summed E-state index contributed by atoms with van der Waals surface area (Å²) in [5.41, 5.74) is 0.982. The fourth-order valence-electron chi connectivity index (χ4n) is 2.23. The van der Waals surface area contributed by atoms with Crippen LogP contribution in [0.5, 0.6) is 0 Å². The van der Waals surface area contributed by atoms with Gasteiger partial charge in [-0.3, -0.25) is 14.4 Å². The van der Waals surface area contributed by atoms with Gasteiger partial charge in [-0.05, 0) is 5.56 Å². The number of nitrogens with one attached hydrogen (secondary N) is 2. The van der Waals surface area contributed by atoms with Gasteiger partial charge in [0.05, 0.1) is 19.8 Å². The van der Waals surface area contributed by atoms with E-state index >= 15 is 0 Å². The molecule has 3 amide bonds. The Morgan fingerprint density at radius 1 is 1.00 bits per heavy atom. The van der Waals surface area contributed by atoms with Crippen LogP contribution in [0.1, 0.15) is 5.56 Å². The van der Waals surface area contributed by atoms with E-state index in [4.69, 9.17) is 9.47 Å². The summed E-state index contributed by atoms with van der Waals surface area (Å²) in [7, 11) is 0. The number of carbonyl (C=O) groups is 3. The zero-order chi connectivity index (χ0) is 17.9. The van der Waals surface area contributed by atoms with Gasteiger partial charge in [0.15, 0.2) is 0 Å². The Balaban J connectivity index is 1.54. The van der Waals surface area contributed by atoms with E-state index in [-0.39, 0.29) is 31.6 Å². The third-order valence-electron chi connectivity index (χ3n) is 3.60. The Kier molecular flexibility index (Phi) is 7.87. The molecule has 0 atom stereocenters. The first-order valence-electron chi connectivity index (χ1n) is 8.16. The van der Waals surface area contributed by atoms with Gasteiger partial charge in [-0.1, -0.05) is 30.3 Å². The van der Waals surface area contributed by atoms with Crippen LogP contribution in [0.3, 0.4) is 0 Å². The molecule has 1 aliphatic rings. The molecular formula is C17H23N3O5. The minimum atomic E-state index is -0.433. The molecule has 1 aliphatic heterocycles. The van der Waals surface area contributed by atoms with Crippen LogP contribution in [-0.4, -0.2) is 68.7 Å².